The lowest BCUT2D eigenvalue weighted by atomic mass is 10.0. The quantitative estimate of drug-likeness (QED) is 0.224. The average Bonchev–Trinajstić information content (AvgIpc) is 3.31. The van der Waals surface area contributed by atoms with Crippen LogP contribution in [-0.4, -0.2) is 18.1 Å². The van der Waals surface area contributed by atoms with E-state index in [2.05, 4.69) is 4.98 Å². The third kappa shape index (κ3) is 4.90. The topological polar surface area (TPSA) is 61.6 Å². The van der Waals surface area contributed by atoms with Gasteiger partial charge in [0, 0.05) is 11.1 Å². The van der Waals surface area contributed by atoms with Gasteiger partial charge in [-0.15, -0.1) is 0 Å². The van der Waals surface area contributed by atoms with Gasteiger partial charge in [-0.3, -0.25) is 0 Å². The molecule has 0 saturated carbocycles. The van der Waals surface area contributed by atoms with Gasteiger partial charge < -0.3 is 13.9 Å². The van der Waals surface area contributed by atoms with Gasteiger partial charge in [-0.25, -0.2) is 9.78 Å². The molecule has 4 aromatic rings. The Kier molecular flexibility index (Phi) is 6.24. The summed E-state index contributed by atoms with van der Waals surface area (Å²) < 4.78 is 16.7. The maximum Gasteiger partial charge on any atom is 0.339 e. The number of nitrogens with zero attached hydrogens (tertiary/aromatic N) is 1. The van der Waals surface area contributed by atoms with Crippen LogP contribution in [0.2, 0.25) is 0 Å². The molecule has 0 radical (unpaired) electrons. The van der Waals surface area contributed by atoms with Crippen molar-refractivity contribution in [2.75, 3.05) is 7.11 Å². The second-order valence-corrected chi connectivity index (χ2v) is 6.73. The molecule has 5 heteroatoms. The van der Waals surface area contributed by atoms with Gasteiger partial charge in [-0.2, -0.15) is 0 Å². The van der Waals surface area contributed by atoms with E-state index < -0.39 is 5.97 Å². The predicted octanol–water partition coefficient (Wildman–Crippen LogP) is 5.63. The van der Waals surface area contributed by atoms with Crippen molar-refractivity contribution in [3.05, 3.63) is 108 Å². The van der Waals surface area contributed by atoms with Gasteiger partial charge in [0.15, 0.2) is 12.4 Å². The lowest BCUT2D eigenvalue weighted by Crippen LogP contribution is -2.07. The minimum absolute atomic E-state index is 0.0677. The number of carbonyl (C=O) groups excluding carboxylic acids is 1. The molecule has 5 nitrogen and oxygen atoms in total. The zero-order valence-corrected chi connectivity index (χ0v) is 17.0. The summed E-state index contributed by atoms with van der Waals surface area (Å²) in [6, 6.07) is 26.5. The Morgan fingerprint density at radius 1 is 0.935 bits per heavy atom. The molecule has 0 saturated heterocycles. The van der Waals surface area contributed by atoms with Gasteiger partial charge in [0.05, 0.1) is 18.9 Å². The van der Waals surface area contributed by atoms with Crippen molar-refractivity contribution in [3.8, 4) is 17.1 Å². The summed E-state index contributed by atoms with van der Waals surface area (Å²) in [6.45, 7) is -0.0677. The highest BCUT2D eigenvalue weighted by Crippen LogP contribution is 2.26. The molecule has 0 spiro atoms. The number of ether oxygens (including phenoxy) is 2. The molecule has 0 N–H and O–H groups in total. The van der Waals surface area contributed by atoms with E-state index in [1.165, 1.54) is 0 Å². The highest BCUT2D eigenvalue weighted by Gasteiger charge is 2.16. The van der Waals surface area contributed by atoms with E-state index in [1.54, 1.807) is 19.4 Å². The minimum Gasteiger partial charge on any atom is -0.496 e. The average molecular weight is 411 g/mol. The van der Waals surface area contributed by atoms with Gasteiger partial charge in [-0.05, 0) is 17.7 Å². The number of aromatic nitrogens is 1. The molecule has 0 aliphatic heterocycles. The SMILES string of the molecule is COc1ccccc1/C=C(/C(=O)OCc1ncc(-c2ccccc2)o1)c1ccccc1. The van der Waals surface area contributed by atoms with E-state index in [0.29, 0.717) is 23.0 Å². The molecular formula is C26H21NO4. The van der Waals surface area contributed by atoms with Crippen LogP contribution in [0, 0.1) is 0 Å². The van der Waals surface area contributed by atoms with Crippen LogP contribution in [0.5, 0.6) is 5.75 Å². The lowest BCUT2D eigenvalue weighted by Gasteiger charge is -2.10. The van der Waals surface area contributed by atoms with Gasteiger partial charge in [0.1, 0.15) is 5.75 Å². The van der Waals surface area contributed by atoms with E-state index in [0.717, 1.165) is 16.7 Å². The zero-order chi connectivity index (χ0) is 21.5. The number of para-hydroxylation sites is 1. The third-order valence-electron chi connectivity index (χ3n) is 4.68. The van der Waals surface area contributed by atoms with E-state index in [4.69, 9.17) is 13.9 Å². The Labute approximate surface area is 180 Å². The summed E-state index contributed by atoms with van der Waals surface area (Å²) in [5.41, 5.74) is 2.85. The molecule has 154 valence electrons. The highest BCUT2D eigenvalue weighted by atomic mass is 16.5. The number of carbonyl (C=O) groups is 1. The van der Waals surface area contributed by atoms with Crippen molar-refractivity contribution in [3.63, 3.8) is 0 Å². The minimum atomic E-state index is -0.475. The molecule has 0 amide bonds. The van der Waals surface area contributed by atoms with Crippen molar-refractivity contribution in [2.45, 2.75) is 6.61 Å². The van der Waals surface area contributed by atoms with Crippen LogP contribution in [0.25, 0.3) is 23.0 Å². The molecule has 0 aliphatic carbocycles. The molecule has 0 aliphatic rings. The molecule has 0 atom stereocenters. The maximum absolute atomic E-state index is 13.0. The number of esters is 1. The van der Waals surface area contributed by atoms with Gasteiger partial charge in [0.2, 0.25) is 5.89 Å². The van der Waals surface area contributed by atoms with Crippen molar-refractivity contribution in [1.29, 1.82) is 0 Å². The number of rotatable bonds is 7. The summed E-state index contributed by atoms with van der Waals surface area (Å²) in [4.78, 5) is 17.2. The number of hydrogen-bond acceptors (Lipinski definition) is 5. The number of hydrogen-bond donors (Lipinski definition) is 0. The third-order valence-corrected chi connectivity index (χ3v) is 4.68. The molecule has 1 heterocycles. The Bertz CT molecular complexity index is 1180. The van der Waals surface area contributed by atoms with Gasteiger partial charge in [-0.1, -0.05) is 78.9 Å². The van der Waals surface area contributed by atoms with E-state index in [1.807, 2.05) is 84.9 Å². The van der Waals surface area contributed by atoms with Crippen molar-refractivity contribution in [2.24, 2.45) is 0 Å². The Morgan fingerprint density at radius 2 is 1.61 bits per heavy atom. The number of benzene rings is 3. The second kappa shape index (κ2) is 9.59. The monoisotopic (exact) mass is 411 g/mol. The Morgan fingerprint density at radius 3 is 2.35 bits per heavy atom. The summed E-state index contributed by atoms with van der Waals surface area (Å²) in [5.74, 6) is 1.15. The molecule has 31 heavy (non-hydrogen) atoms. The standard InChI is InChI=1S/C26H21NO4/c1-29-23-15-9-8-14-21(23)16-22(19-10-4-2-5-11-19)26(28)30-18-25-27-17-24(31-25)20-12-6-3-7-13-20/h2-17H,18H2,1H3/b22-16+. The van der Waals surface area contributed by atoms with Gasteiger partial charge >= 0.3 is 5.97 Å². The fraction of sp³-hybridized carbons (Fsp3) is 0.0769. The fourth-order valence-electron chi connectivity index (χ4n) is 3.14. The molecule has 4 rings (SSSR count). The van der Waals surface area contributed by atoms with Crippen LogP contribution in [0.15, 0.2) is 95.5 Å². The largest absolute Gasteiger partial charge is 0.496 e. The predicted molar refractivity (Wildman–Crippen MR) is 119 cm³/mol. The summed E-state index contributed by atoms with van der Waals surface area (Å²) >= 11 is 0. The Hall–Kier alpha value is -4.12. The fourth-order valence-corrected chi connectivity index (χ4v) is 3.14. The maximum atomic E-state index is 13.0. The summed E-state index contributed by atoms with van der Waals surface area (Å²) in [5, 5.41) is 0. The zero-order valence-electron chi connectivity index (χ0n) is 17.0. The smallest absolute Gasteiger partial charge is 0.339 e. The Balaban J connectivity index is 1.56. The van der Waals surface area contributed by atoms with Crippen molar-refractivity contribution in [1.82, 2.24) is 4.98 Å². The summed E-state index contributed by atoms with van der Waals surface area (Å²) in [6.07, 6.45) is 3.39. The van der Waals surface area contributed by atoms with Crippen LogP contribution >= 0.6 is 0 Å². The molecule has 0 bridgehead atoms. The lowest BCUT2D eigenvalue weighted by molar-refractivity contribution is -0.138. The number of methoxy groups -OCH3 is 1. The normalized spacial score (nSPS) is 11.2. The van der Waals surface area contributed by atoms with E-state index >= 15 is 0 Å². The molecule has 0 unspecified atom stereocenters. The first-order chi connectivity index (χ1) is 15.2. The van der Waals surface area contributed by atoms with Crippen LogP contribution < -0.4 is 4.74 Å². The summed E-state index contributed by atoms with van der Waals surface area (Å²) in [7, 11) is 1.60. The van der Waals surface area contributed by atoms with Crippen LogP contribution in [0.1, 0.15) is 17.0 Å². The molecule has 0 fully saturated rings. The highest BCUT2D eigenvalue weighted by molar-refractivity contribution is 6.21. The van der Waals surface area contributed by atoms with Crippen LogP contribution in [0.4, 0.5) is 0 Å². The molecule has 3 aromatic carbocycles. The second-order valence-electron chi connectivity index (χ2n) is 6.73. The molecule has 1 aromatic heterocycles. The first-order valence-corrected chi connectivity index (χ1v) is 9.82. The number of oxazole rings is 1. The van der Waals surface area contributed by atoms with Crippen molar-refractivity contribution >= 4 is 17.6 Å². The van der Waals surface area contributed by atoms with Crippen LogP contribution in [0.3, 0.4) is 0 Å². The van der Waals surface area contributed by atoms with Gasteiger partial charge in [0.25, 0.3) is 0 Å². The van der Waals surface area contributed by atoms with E-state index in [9.17, 15) is 4.79 Å². The molecular weight excluding hydrogens is 390 g/mol. The van der Waals surface area contributed by atoms with Crippen LogP contribution in [-0.2, 0) is 16.1 Å². The van der Waals surface area contributed by atoms with E-state index in [-0.39, 0.29) is 6.61 Å². The first-order valence-electron chi connectivity index (χ1n) is 9.82. The first kappa shape index (κ1) is 20.2. The van der Waals surface area contributed by atoms with Crippen molar-refractivity contribution < 1.29 is 18.7 Å².